The lowest BCUT2D eigenvalue weighted by Gasteiger charge is -2.47. The van der Waals surface area contributed by atoms with Gasteiger partial charge in [0.15, 0.2) is 0 Å². The molecule has 276 valence electrons. The van der Waals surface area contributed by atoms with Crippen LogP contribution in [0.2, 0.25) is 0 Å². The predicted octanol–water partition coefficient (Wildman–Crippen LogP) is 9.83. The Kier molecular flexibility index (Phi) is 5.85. The first-order valence-electron chi connectivity index (χ1n) is 22.0. The summed E-state index contributed by atoms with van der Waals surface area (Å²) in [6.45, 7) is 0.160. The molecule has 0 radical (unpaired) electrons. The van der Waals surface area contributed by atoms with Gasteiger partial charge in [-0.1, -0.05) is 42.5 Å². The van der Waals surface area contributed by atoms with E-state index in [1.54, 1.807) is 11.1 Å². The molecule has 2 heterocycles. The summed E-state index contributed by atoms with van der Waals surface area (Å²) in [4.78, 5) is 8.00. The lowest BCUT2D eigenvalue weighted by molar-refractivity contribution is 0.833. The van der Waals surface area contributed by atoms with E-state index >= 15 is 0 Å². The largest absolute Gasteiger partial charge is 0.311 e. The van der Waals surface area contributed by atoms with Gasteiger partial charge < -0.3 is 14.7 Å². The molecule has 4 heteroatoms. The van der Waals surface area contributed by atoms with Gasteiger partial charge in [-0.05, 0) is 227 Å². The number of nitrogens with zero attached hydrogens (tertiary/aromatic N) is 3. The van der Waals surface area contributed by atoms with E-state index in [4.69, 9.17) is 0 Å². The summed E-state index contributed by atoms with van der Waals surface area (Å²) in [5.41, 5.74) is 34.4. The molecule has 7 aromatic rings. The quantitative estimate of drug-likeness (QED) is 0.163. The molecule has 0 amide bonds. The fourth-order valence-corrected chi connectivity index (χ4v) is 11.9. The zero-order valence-corrected chi connectivity index (χ0v) is 32.8. The van der Waals surface area contributed by atoms with E-state index in [9.17, 15) is 0 Å². The van der Waals surface area contributed by atoms with Crippen LogP contribution >= 0.6 is 0 Å². The Morgan fingerprint density at radius 3 is 1.36 bits per heavy atom. The Morgan fingerprint density at radius 2 is 0.828 bits per heavy atom. The predicted molar refractivity (Wildman–Crippen MR) is 240 cm³/mol. The summed E-state index contributed by atoms with van der Waals surface area (Å²) in [6, 6.07) is 44.6. The van der Waals surface area contributed by atoms with E-state index in [2.05, 4.69) is 124 Å². The van der Waals surface area contributed by atoms with Crippen LogP contribution in [0.25, 0.3) is 0 Å². The van der Waals surface area contributed by atoms with E-state index in [-0.39, 0.29) is 6.71 Å². The standard InChI is InChI=1S/C54H42BN3/c1-5-36-23-42(17-11-31(1)36)56(43-18-12-32-2-6-37(32)24-43)46-29-51-53-52(30-46)58(45-20-14-34-4-8-39(34)26-45)54-47-21-15-35(47)16-22-48(54)55(53)49-27-40-9-10-41(40)28-50(49)57(51)44-19-13-33-3-7-38(33)25-44/h11-14,16-20,22-30H,1-10,15,21H2. The molecule has 3 nitrogen and oxygen atoms in total. The highest BCUT2D eigenvalue weighted by Gasteiger charge is 2.46. The SMILES string of the molecule is c1cc2c(cc1N(c1ccc3c(c1)CC3)c1cc3c4c(c1)N(c1ccc5c(c1)CC5)c1c(ccc5c1CC5)B4c1cc4c(cc1N3c1ccc3c(c1)CC3)CC4)CC2. The van der Waals surface area contributed by atoms with Crippen molar-refractivity contribution in [1.82, 2.24) is 0 Å². The summed E-state index contributed by atoms with van der Waals surface area (Å²) in [5.74, 6) is 0. The van der Waals surface area contributed by atoms with Crippen molar-refractivity contribution in [2.24, 2.45) is 0 Å². The molecule has 0 saturated heterocycles. The van der Waals surface area contributed by atoms with Crippen LogP contribution in [0.3, 0.4) is 0 Å². The highest BCUT2D eigenvalue weighted by Crippen LogP contribution is 2.52. The summed E-state index contributed by atoms with van der Waals surface area (Å²) in [7, 11) is 0. The Morgan fingerprint density at radius 1 is 0.345 bits per heavy atom. The van der Waals surface area contributed by atoms with Crippen molar-refractivity contribution >= 4 is 74.3 Å². The van der Waals surface area contributed by atoms with Crippen molar-refractivity contribution in [2.75, 3.05) is 14.7 Å². The number of aryl methyl sites for hydroxylation is 11. The molecule has 15 rings (SSSR count). The Hall–Kier alpha value is -6.00. The average Bonchev–Trinajstić information content (AvgIpc) is 3.16. The second kappa shape index (κ2) is 10.9. The molecule has 0 unspecified atom stereocenters. The fourth-order valence-electron chi connectivity index (χ4n) is 11.9. The molecule has 0 spiro atoms. The smallest absolute Gasteiger partial charge is 0.252 e. The molecule has 0 saturated carbocycles. The van der Waals surface area contributed by atoms with Crippen molar-refractivity contribution < 1.29 is 0 Å². The lowest BCUT2D eigenvalue weighted by atomic mass is 9.33. The Labute approximate surface area is 340 Å². The molecule has 0 N–H and O–H groups in total. The minimum atomic E-state index is 0.160. The van der Waals surface area contributed by atoms with E-state index < -0.39 is 0 Å². The third-order valence-electron chi connectivity index (χ3n) is 15.8. The molecule has 8 aliphatic rings. The number of hydrogen-bond acceptors (Lipinski definition) is 3. The molecule has 0 aromatic heterocycles. The van der Waals surface area contributed by atoms with Crippen LogP contribution in [-0.2, 0) is 77.0 Å². The van der Waals surface area contributed by atoms with Gasteiger partial charge in [-0.25, -0.2) is 0 Å². The maximum Gasteiger partial charge on any atom is 0.252 e. The van der Waals surface area contributed by atoms with Crippen molar-refractivity contribution in [3.05, 3.63) is 176 Å². The molecule has 0 fully saturated rings. The topological polar surface area (TPSA) is 9.72 Å². The summed E-state index contributed by atoms with van der Waals surface area (Å²) in [6.07, 6.45) is 14.1. The van der Waals surface area contributed by atoms with Crippen LogP contribution in [-0.4, -0.2) is 6.71 Å². The van der Waals surface area contributed by atoms with E-state index in [0.717, 1.165) is 6.42 Å². The van der Waals surface area contributed by atoms with Crippen LogP contribution < -0.4 is 31.1 Å². The first-order valence-corrected chi connectivity index (χ1v) is 22.0. The van der Waals surface area contributed by atoms with Crippen LogP contribution in [0.1, 0.15) is 66.8 Å². The van der Waals surface area contributed by atoms with E-state index in [0.29, 0.717) is 0 Å². The second-order valence-electron chi connectivity index (χ2n) is 18.5. The maximum absolute atomic E-state index is 2.72. The fraction of sp³-hybridized carbons (Fsp3) is 0.222. The number of benzene rings is 7. The first kappa shape index (κ1) is 31.1. The summed E-state index contributed by atoms with van der Waals surface area (Å²) >= 11 is 0. The van der Waals surface area contributed by atoms with Gasteiger partial charge >= 0.3 is 0 Å². The molecule has 6 aliphatic carbocycles. The summed E-state index contributed by atoms with van der Waals surface area (Å²) in [5, 5.41) is 0. The minimum Gasteiger partial charge on any atom is -0.311 e. The lowest BCUT2D eigenvalue weighted by Crippen LogP contribution is -2.62. The highest BCUT2D eigenvalue weighted by atomic mass is 15.2. The first-order chi connectivity index (χ1) is 28.7. The normalized spacial score (nSPS) is 17.1. The Balaban J connectivity index is 1.06. The number of anilines is 9. The van der Waals surface area contributed by atoms with Crippen molar-refractivity contribution in [3.8, 4) is 0 Å². The third kappa shape index (κ3) is 4.01. The van der Waals surface area contributed by atoms with Gasteiger partial charge in [0.05, 0.1) is 5.69 Å². The van der Waals surface area contributed by atoms with Gasteiger partial charge in [0.2, 0.25) is 0 Å². The minimum absolute atomic E-state index is 0.160. The maximum atomic E-state index is 2.72. The van der Waals surface area contributed by atoms with Gasteiger partial charge in [-0.15, -0.1) is 0 Å². The zero-order chi connectivity index (χ0) is 37.4. The van der Waals surface area contributed by atoms with Crippen LogP contribution in [0.15, 0.2) is 109 Å². The van der Waals surface area contributed by atoms with Crippen molar-refractivity contribution in [2.45, 2.75) is 77.0 Å². The highest BCUT2D eigenvalue weighted by molar-refractivity contribution is 7.00. The monoisotopic (exact) mass is 743 g/mol. The van der Waals surface area contributed by atoms with E-state index in [1.807, 2.05) is 0 Å². The van der Waals surface area contributed by atoms with Crippen molar-refractivity contribution in [1.29, 1.82) is 0 Å². The average molecular weight is 744 g/mol. The van der Waals surface area contributed by atoms with Gasteiger partial charge in [0, 0.05) is 45.5 Å². The molecule has 7 aromatic carbocycles. The number of rotatable bonds is 5. The van der Waals surface area contributed by atoms with Gasteiger partial charge in [-0.3, -0.25) is 0 Å². The van der Waals surface area contributed by atoms with Gasteiger partial charge in [0.25, 0.3) is 6.71 Å². The van der Waals surface area contributed by atoms with Gasteiger partial charge in [-0.2, -0.15) is 0 Å². The zero-order valence-electron chi connectivity index (χ0n) is 32.8. The molecular weight excluding hydrogens is 701 g/mol. The molecule has 0 bridgehead atoms. The molecular formula is C54H42BN3. The molecule has 58 heavy (non-hydrogen) atoms. The molecule has 2 aliphatic heterocycles. The van der Waals surface area contributed by atoms with Crippen molar-refractivity contribution in [3.63, 3.8) is 0 Å². The number of fused-ring (bicyclic) bond motifs is 11. The number of hydrogen-bond donors (Lipinski definition) is 0. The van der Waals surface area contributed by atoms with Gasteiger partial charge in [0.1, 0.15) is 0 Å². The van der Waals surface area contributed by atoms with Crippen LogP contribution in [0.5, 0.6) is 0 Å². The molecule has 0 atom stereocenters. The van der Waals surface area contributed by atoms with E-state index in [1.165, 1.54) is 194 Å². The second-order valence-corrected chi connectivity index (χ2v) is 18.5. The van der Waals surface area contributed by atoms with Crippen LogP contribution in [0, 0.1) is 0 Å². The summed E-state index contributed by atoms with van der Waals surface area (Å²) < 4.78 is 0. The van der Waals surface area contributed by atoms with Crippen LogP contribution in [0.4, 0.5) is 51.2 Å². The Bertz CT molecular complexity index is 3010. The third-order valence-corrected chi connectivity index (χ3v) is 15.8.